The van der Waals surface area contributed by atoms with Gasteiger partial charge in [0, 0.05) is 18.9 Å². The maximum absolute atomic E-state index is 12.6. The fraction of sp³-hybridized carbons (Fsp3) is 0.364. The van der Waals surface area contributed by atoms with E-state index in [0.29, 0.717) is 48.5 Å². The van der Waals surface area contributed by atoms with Crippen molar-refractivity contribution in [3.63, 3.8) is 0 Å². The summed E-state index contributed by atoms with van der Waals surface area (Å²) in [6.45, 7) is 5.77. The third kappa shape index (κ3) is 8.09. The Morgan fingerprint density at radius 3 is 2.59 bits per heavy atom. The SMILES string of the molecule is COCCOc1cccc(NC(=S)NC(=O)c2ccccc2OCCC(C)C)c1. The highest BCUT2D eigenvalue weighted by atomic mass is 32.1. The quantitative estimate of drug-likeness (QED) is 0.445. The summed E-state index contributed by atoms with van der Waals surface area (Å²) in [4.78, 5) is 12.6. The summed E-state index contributed by atoms with van der Waals surface area (Å²) in [6.07, 6.45) is 0.915. The highest BCUT2D eigenvalue weighted by molar-refractivity contribution is 7.80. The van der Waals surface area contributed by atoms with Crippen LogP contribution in [0, 0.1) is 5.92 Å². The van der Waals surface area contributed by atoms with Gasteiger partial charge in [-0.05, 0) is 48.8 Å². The second-order valence-electron chi connectivity index (χ2n) is 6.80. The second-order valence-corrected chi connectivity index (χ2v) is 7.21. The molecule has 0 aliphatic carbocycles. The van der Waals surface area contributed by atoms with E-state index >= 15 is 0 Å². The van der Waals surface area contributed by atoms with Crippen molar-refractivity contribution in [2.75, 3.05) is 32.2 Å². The average Bonchev–Trinajstić information content (AvgIpc) is 2.68. The predicted molar refractivity (Wildman–Crippen MR) is 119 cm³/mol. The fourth-order valence-corrected chi connectivity index (χ4v) is 2.63. The Kier molecular flexibility index (Phi) is 9.40. The Labute approximate surface area is 177 Å². The van der Waals surface area contributed by atoms with Crippen LogP contribution in [0.5, 0.6) is 11.5 Å². The molecule has 2 aromatic carbocycles. The van der Waals surface area contributed by atoms with E-state index < -0.39 is 0 Å². The summed E-state index contributed by atoms with van der Waals surface area (Å²) in [6, 6.07) is 14.5. The molecule has 156 valence electrons. The number of benzene rings is 2. The predicted octanol–water partition coefficient (Wildman–Crippen LogP) is 4.26. The Bertz CT molecular complexity index is 811. The number of carbonyl (C=O) groups is 1. The lowest BCUT2D eigenvalue weighted by molar-refractivity contribution is 0.0973. The van der Waals surface area contributed by atoms with Gasteiger partial charge in [0.2, 0.25) is 0 Å². The monoisotopic (exact) mass is 416 g/mol. The molecule has 0 radical (unpaired) electrons. The normalized spacial score (nSPS) is 10.5. The zero-order chi connectivity index (χ0) is 21.1. The van der Waals surface area contributed by atoms with Crippen LogP contribution in [0.2, 0.25) is 0 Å². The Morgan fingerprint density at radius 1 is 1.03 bits per heavy atom. The van der Waals surface area contributed by atoms with Gasteiger partial charge in [0.1, 0.15) is 18.1 Å². The second kappa shape index (κ2) is 12.0. The molecule has 0 aromatic heterocycles. The molecule has 0 atom stereocenters. The lowest BCUT2D eigenvalue weighted by Crippen LogP contribution is -2.34. The molecule has 1 amide bonds. The number of hydrogen-bond acceptors (Lipinski definition) is 5. The molecule has 2 rings (SSSR count). The standard InChI is InChI=1S/C22H28N2O4S/c1-16(2)11-12-28-20-10-5-4-9-19(20)21(25)24-22(29)23-17-7-6-8-18(15-17)27-14-13-26-3/h4-10,15-16H,11-14H2,1-3H3,(H2,23,24,25,29). The molecule has 29 heavy (non-hydrogen) atoms. The Morgan fingerprint density at radius 2 is 1.83 bits per heavy atom. The minimum atomic E-state index is -0.324. The first kappa shape index (κ1) is 22.6. The Balaban J connectivity index is 1.94. The molecule has 7 heteroatoms. The molecule has 0 saturated heterocycles. The maximum Gasteiger partial charge on any atom is 0.261 e. The third-order valence-electron chi connectivity index (χ3n) is 3.96. The van der Waals surface area contributed by atoms with E-state index in [4.69, 9.17) is 26.4 Å². The van der Waals surface area contributed by atoms with Crippen LogP contribution in [0.4, 0.5) is 5.69 Å². The van der Waals surface area contributed by atoms with Crippen molar-refractivity contribution in [1.82, 2.24) is 5.32 Å². The molecule has 2 aromatic rings. The number of rotatable bonds is 10. The van der Waals surface area contributed by atoms with Crippen molar-refractivity contribution in [3.8, 4) is 11.5 Å². The number of nitrogens with one attached hydrogen (secondary N) is 2. The van der Waals surface area contributed by atoms with Gasteiger partial charge in [0.05, 0.1) is 18.8 Å². The number of para-hydroxylation sites is 1. The zero-order valence-corrected chi connectivity index (χ0v) is 17.9. The topological polar surface area (TPSA) is 68.8 Å². The molecule has 6 nitrogen and oxygen atoms in total. The van der Waals surface area contributed by atoms with Crippen LogP contribution < -0.4 is 20.1 Å². The van der Waals surface area contributed by atoms with Gasteiger partial charge in [0.15, 0.2) is 5.11 Å². The van der Waals surface area contributed by atoms with Gasteiger partial charge in [0.25, 0.3) is 5.91 Å². The van der Waals surface area contributed by atoms with Crippen molar-refractivity contribution < 1.29 is 19.0 Å². The lowest BCUT2D eigenvalue weighted by atomic mass is 10.1. The summed E-state index contributed by atoms with van der Waals surface area (Å²) in [5.41, 5.74) is 1.16. The summed E-state index contributed by atoms with van der Waals surface area (Å²) in [5.74, 6) is 1.43. The largest absolute Gasteiger partial charge is 0.493 e. The summed E-state index contributed by atoms with van der Waals surface area (Å²) in [5, 5.41) is 5.89. The van der Waals surface area contributed by atoms with Gasteiger partial charge < -0.3 is 19.5 Å². The molecule has 0 bridgehead atoms. The van der Waals surface area contributed by atoms with Crippen LogP contribution in [0.25, 0.3) is 0 Å². The lowest BCUT2D eigenvalue weighted by Gasteiger charge is -2.14. The van der Waals surface area contributed by atoms with E-state index in [1.165, 1.54) is 0 Å². The molecule has 0 aliphatic heterocycles. The van der Waals surface area contributed by atoms with Gasteiger partial charge in [-0.2, -0.15) is 0 Å². The van der Waals surface area contributed by atoms with Crippen LogP contribution in [0.15, 0.2) is 48.5 Å². The van der Waals surface area contributed by atoms with Gasteiger partial charge in [-0.3, -0.25) is 10.1 Å². The number of hydrogen-bond donors (Lipinski definition) is 2. The van der Waals surface area contributed by atoms with Gasteiger partial charge >= 0.3 is 0 Å². The maximum atomic E-state index is 12.6. The smallest absolute Gasteiger partial charge is 0.261 e. The van der Waals surface area contributed by atoms with Gasteiger partial charge in [-0.1, -0.05) is 32.0 Å². The molecule has 0 aliphatic rings. The van der Waals surface area contributed by atoms with Crippen molar-refractivity contribution in [1.29, 1.82) is 0 Å². The van der Waals surface area contributed by atoms with E-state index in [1.807, 2.05) is 24.3 Å². The summed E-state index contributed by atoms with van der Waals surface area (Å²) < 4.78 is 16.3. The van der Waals surface area contributed by atoms with Crippen molar-refractivity contribution >= 4 is 28.9 Å². The molecule has 0 unspecified atom stereocenters. The van der Waals surface area contributed by atoms with Crippen LogP contribution in [0.1, 0.15) is 30.6 Å². The van der Waals surface area contributed by atoms with Crippen LogP contribution in [-0.4, -0.2) is 38.0 Å². The highest BCUT2D eigenvalue weighted by Gasteiger charge is 2.14. The van der Waals surface area contributed by atoms with Crippen LogP contribution in [0.3, 0.4) is 0 Å². The summed E-state index contributed by atoms with van der Waals surface area (Å²) in [7, 11) is 1.62. The van der Waals surface area contributed by atoms with E-state index in [1.54, 1.807) is 31.4 Å². The van der Waals surface area contributed by atoms with Gasteiger partial charge in [-0.25, -0.2) is 0 Å². The van der Waals surface area contributed by atoms with Crippen molar-refractivity contribution in [2.45, 2.75) is 20.3 Å². The Hall–Kier alpha value is -2.64. The third-order valence-corrected chi connectivity index (χ3v) is 4.16. The van der Waals surface area contributed by atoms with E-state index in [0.717, 1.165) is 6.42 Å². The molecule has 0 spiro atoms. The van der Waals surface area contributed by atoms with Gasteiger partial charge in [-0.15, -0.1) is 0 Å². The number of anilines is 1. The molecule has 0 fully saturated rings. The molecule has 0 saturated carbocycles. The number of methoxy groups -OCH3 is 1. The van der Waals surface area contributed by atoms with Crippen LogP contribution >= 0.6 is 12.2 Å². The zero-order valence-electron chi connectivity index (χ0n) is 17.1. The molecule has 0 heterocycles. The summed E-state index contributed by atoms with van der Waals surface area (Å²) >= 11 is 5.28. The van der Waals surface area contributed by atoms with E-state index in [9.17, 15) is 4.79 Å². The number of amides is 1. The fourth-order valence-electron chi connectivity index (χ4n) is 2.42. The highest BCUT2D eigenvalue weighted by Crippen LogP contribution is 2.20. The minimum Gasteiger partial charge on any atom is -0.493 e. The van der Waals surface area contributed by atoms with E-state index in [-0.39, 0.29) is 11.0 Å². The first-order valence-electron chi connectivity index (χ1n) is 9.55. The number of carbonyl (C=O) groups excluding carboxylic acids is 1. The first-order valence-corrected chi connectivity index (χ1v) is 9.96. The number of thiocarbonyl (C=S) groups is 1. The molecular weight excluding hydrogens is 388 g/mol. The minimum absolute atomic E-state index is 0.195. The molecular formula is C22H28N2O4S. The van der Waals surface area contributed by atoms with Crippen molar-refractivity contribution in [3.05, 3.63) is 54.1 Å². The average molecular weight is 417 g/mol. The van der Waals surface area contributed by atoms with Crippen molar-refractivity contribution in [2.24, 2.45) is 5.92 Å². The number of ether oxygens (including phenoxy) is 3. The molecule has 2 N–H and O–H groups in total. The first-order chi connectivity index (χ1) is 14.0. The van der Waals surface area contributed by atoms with Crippen LogP contribution in [-0.2, 0) is 4.74 Å². The van der Waals surface area contributed by atoms with E-state index in [2.05, 4.69) is 24.5 Å².